The van der Waals surface area contributed by atoms with Crippen LogP contribution in [0.15, 0.2) is 27.5 Å². The second-order valence-electron chi connectivity index (χ2n) is 4.19. The Morgan fingerprint density at radius 2 is 2.19 bits per heavy atom. The fourth-order valence-corrected chi connectivity index (χ4v) is 1.83. The van der Waals surface area contributed by atoms with Gasteiger partial charge >= 0.3 is 5.63 Å². The quantitative estimate of drug-likeness (QED) is 0.856. The first kappa shape index (κ1) is 11.0. The first-order chi connectivity index (χ1) is 7.63. The highest BCUT2D eigenvalue weighted by atomic mass is 16.5. The molecule has 0 radical (unpaired) electrons. The molecule has 4 heteroatoms. The van der Waals surface area contributed by atoms with Gasteiger partial charge in [-0.2, -0.15) is 0 Å². The standard InChI is InChI=1S/C12H16N2O2/c1-8(2)14-11-4-3-9(5-6-13)7-10(11)12(15)16-14/h3-4,7-8H,5-6,13H2,1-2H3. The van der Waals surface area contributed by atoms with Gasteiger partial charge in [0.2, 0.25) is 0 Å². The number of hydrogen-bond acceptors (Lipinski definition) is 3. The predicted octanol–water partition coefficient (Wildman–Crippen LogP) is 1.68. The number of nitrogens with two attached hydrogens (primary N) is 1. The Kier molecular flexibility index (Phi) is 2.83. The van der Waals surface area contributed by atoms with Crippen LogP contribution in [0.5, 0.6) is 0 Å². The van der Waals surface area contributed by atoms with Crippen LogP contribution in [0.2, 0.25) is 0 Å². The molecule has 0 atom stereocenters. The largest absolute Gasteiger partial charge is 0.365 e. The molecule has 0 aliphatic heterocycles. The van der Waals surface area contributed by atoms with Crippen LogP contribution in [0.1, 0.15) is 25.5 Å². The maximum Gasteiger partial charge on any atom is 0.365 e. The smallest absolute Gasteiger partial charge is 0.335 e. The minimum absolute atomic E-state index is 0.144. The van der Waals surface area contributed by atoms with E-state index in [1.54, 1.807) is 4.74 Å². The Morgan fingerprint density at radius 3 is 2.81 bits per heavy atom. The summed E-state index contributed by atoms with van der Waals surface area (Å²) in [5.41, 5.74) is 7.13. The van der Waals surface area contributed by atoms with Crippen LogP contribution in [0.4, 0.5) is 0 Å². The molecule has 2 rings (SSSR count). The summed E-state index contributed by atoms with van der Waals surface area (Å²) < 4.78 is 6.83. The van der Waals surface area contributed by atoms with Crippen molar-refractivity contribution in [2.24, 2.45) is 5.73 Å². The van der Waals surface area contributed by atoms with Crippen molar-refractivity contribution in [3.8, 4) is 0 Å². The zero-order valence-electron chi connectivity index (χ0n) is 9.56. The Balaban J connectivity index is 2.62. The minimum atomic E-state index is -0.275. The van der Waals surface area contributed by atoms with E-state index < -0.39 is 0 Å². The summed E-state index contributed by atoms with van der Waals surface area (Å²) in [6.45, 7) is 4.55. The summed E-state index contributed by atoms with van der Waals surface area (Å²) in [6.07, 6.45) is 0.780. The number of fused-ring (bicyclic) bond motifs is 1. The number of hydrogen-bond donors (Lipinski definition) is 1. The monoisotopic (exact) mass is 220 g/mol. The number of aromatic nitrogens is 1. The number of benzene rings is 1. The summed E-state index contributed by atoms with van der Waals surface area (Å²) in [6, 6.07) is 5.92. The number of nitrogens with zero attached hydrogens (tertiary/aromatic N) is 1. The van der Waals surface area contributed by atoms with Gasteiger partial charge < -0.3 is 10.3 Å². The second-order valence-corrected chi connectivity index (χ2v) is 4.19. The van der Waals surface area contributed by atoms with E-state index in [-0.39, 0.29) is 11.7 Å². The highest BCUT2D eigenvalue weighted by molar-refractivity contribution is 5.78. The van der Waals surface area contributed by atoms with E-state index in [2.05, 4.69) is 0 Å². The number of rotatable bonds is 3. The Bertz CT molecular complexity index is 552. The zero-order valence-corrected chi connectivity index (χ0v) is 9.56. The fraction of sp³-hybridized carbons (Fsp3) is 0.417. The molecule has 1 heterocycles. The van der Waals surface area contributed by atoms with Gasteiger partial charge in [0, 0.05) is 0 Å². The molecule has 86 valence electrons. The van der Waals surface area contributed by atoms with E-state index in [9.17, 15) is 4.79 Å². The minimum Gasteiger partial charge on any atom is -0.335 e. The van der Waals surface area contributed by atoms with Gasteiger partial charge in [-0.1, -0.05) is 6.07 Å². The third kappa shape index (κ3) is 1.76. The topological polar surface area (TPSA) is 61.2 Å². The van der Waals surface area contributed by atoms with Crippen molar-refractivity contribution in [3.05, 3.63) is 34.2 Å². The van der Waals surface area contributed by atoms with Gasteiger partial charge in [0.15, 0.2) is 0 Å². The molecule has 0 spiro atoms. The highest BCUT2D eigenvalue weighted by Gasteiger charge is 2.11. The van der Waals surface area contributed by atoms with Crippen LogP contribution in [-0.2, 0) is 6.42 Å². The molecule has 0 aliphatic rings. The van der Waals surface area contributed by atoms with Gasteiger partial charge in [-0.15, -0.1) is 0 Å². The Labute approximate surface area is 93.6 Å². The molecule has 2 aromatic rings. The molecule has 0 unspecified atom stereocenters. The van der Waals surface area contributed by atoms with E-state index in [1.807, 2.05) is 32.0 Å². The average molecular weight is 220 g/mol. The first-order valence-corrected chi connectivity index (χ1v) is 5.48. The third-order valence-corrected chi connectivity index (χ3v) is 2.60. The summed E-state index contributed by atoms with van der Waals surface area (Å²) >= 11 is 0. The molecule has 16 heavy (non-hydrogen) atoms. The van der Waals surface area contributed by atoms with Crippen molar-refractivity contribution in [1.29, 1.82) is 0 Å². The molecular formula is C12H16N2O2. The lowest BCUT2D eigenvalue weighted by Gasteiger charge is -2.05. The van der Waals surface area contributed by atoms with Gasteiger partial charge in [-0.3, -0.25) is 0 Å². The fourth-order valence-electron chi connectivity index (χ4n) is 1.83. The van der Waals surface area contributed by atoms with Gasteiger partial charge in [0.1, 0.15) is 0 Å². The lowest BCUT2D eigenvalue weighted by Crippen LogP contribution is -2.03. The third-order valence-electron chi connectivity index (χ3n) is 2.60. The molecule has 0 amide bonds. The van der Waals surface area contributed by atoms with E-state index in [1.165, 1.54) is 0 Å². The van der Waals surface area contributed by atoms with Gasteiger partial charge in [-0.05, 0) is 44.5 Å². The Morgan fingerprint density at radius 1 is 1.44 bits per heavy atom. The van der Waals surface area contributed by atoms with Gasteiger partial charge in [0.25, 0.3) is 0 Å². The van der Waals surface area contributed by atoms with E-state index >= 15 is 0 Å². The van der Waals surface area contributed by atoms with Crippen LogP contribution >= 0.6 is 0 Å². The molecule has 0 aliphatic carbocycles. The summed E-state index contributed by atoms with van der Waals surface area (Å²) in [7, 11) is 0. The second kappa shape index (κ2) is 4.14. The van der Waals surface area contributed by atoms with Crippen molar-refractivity contribution in [1.82, 2.24) is 4.74 Å². The maximum atomic E-state index is 11.6. The molecule has 2 N–H and O–H groups in total. The van der Waals surface area contributed by atoms with Crippen molar-refractivity contribution in [3.63, 3.8) is 0 Å². The molecule has 0 saturated carbocycles. The molecule has 0 bridgehead atoms. The lowest BCUT2D eigenvalue weighted by molar-refractivity contribution is 0.234. The summed E-state index contributed by atoms with van der Waals surface area (Å²) in [4.78, 5) is 11.6. The average Bonchev–Trinajstić information content (AvgIpc) is 2.57. The van der Waals surface area contributed by atoms with Gasteiger partial charge in [0.05, 0.1) is 16.9 Å². The molecular weight excluding hydrogens is 204 g/mol. The van der Waals surface area contributed by atoms with Crippen LogP contribution in [0.25, 0.3) is 10.9 Å². The highest BCUT2D eigenvalue weighted by Crippen LogP contribution is 2.17. The predicted molar refractivity (Wildman–Crippen MR) is 63.6 cm³/mol. The maximum absolute atomic E-state index is 11.6. The molecule has 1 aromatic carbocycles. The summed E-state index contributed by atoms with van der Waals surface area (Å²) in [5, 5.41) is 0.639. The molecule has 1 aromatic heterocycles. The van der Waals surface area contributed by atoms with Crippen LogP contribution < -0.4 is 11.4 Å². The van der Waals surface area contributed by atoms with Crippen molar-refractivity contribution in [2.45, 2.75) is 26.3 Å². The van der Waals surface area contributed by atoms with E-state index in [0.717, 1.165) is 17.5 Å². The van der Waals surface area contributed by atoms with Crippen LogP contribution in [0, 0.1) is 0 Å². The molecule has 4 nitrogen and oxygen atoms in total. The zero-order chi connectivity index (χ0) is 11.7. The Hall–Kier alpha value is -1.55. The first-order valence-electron chi connectivity index (χ1n) is 5.48. The lowest BCUT2D eigenvalue weighted by atomic mass is 10.1. The normalized spacial score (nSPS) is 11.5. The van der Waals surface area contributed by atoms with Crippen molar-refractivity contribution >= 4 is 10.9 Å². The van der Waals surface area contributed by atoms with Crippen molar-refractivity contribution < 1.29 is 4.52 Å². The SMILES string of the molecule is CC(C)n1oc(=O)c2cc(CCN)ccc21. The summed E-state index contributed by atoms with van der Waals surface area (Å²) in [5.74, 6) is 0. The van der Waals surface area contributed by atoms with Crippen LogP contribution in [-0.4, -0.2) is 11.3 Å². The van der Waals surface area contributed by atoms with Gasteiger partial charge in [-0.25, -0.2) is 9.53 Å². The molecule has 0 saturated heterocycles. The van der Waals surface area contributed by atoms with Crippen molar-refractivity contribution in [2.75, 3.05) is 6.54 Å². The van der Waals surface area contributed by atoms with Crippen LogP contribution in [0.3, 0.4) is 0 Å². The molecule has 0 fully saturated rings. The van der Waals surface area contributed by atoms with E-state index in [4.69, 9.17) is 10.3 Å². The van der Waals surface area contributed by atoms with E-state index in [0.29, 0.717) is 11.9 Å².